The van der Waals surface area contributed by atoms with Crippen LogP contribution in [0.4, 0.5) is 5.69 Å². The normalized spacial score (nSPS) is 37.7. The number of rotatable bonds is 3. The van der Waals surface area contributed by atoms with Crippen molar-refractivity contribution in [1.29, 1.82) is 0 Å². The Morgan fingerprint density at radius 2 is 1.70 bits per heavy atom. The molecule has 5 rings (SSSR count). The minimum Gasteiger partial charge on any atom is -0.326 e. The average molecular weight is 376 g/mol. The predicted octanol–water partition coefficient (Wildman–Crippen LogP) is 4.56. The van der Waals surface area contributed by atoms with E-state index in [1.54, 1.807) is 19.1 Å². The number of Topliss-reactive ketones (excluding diaryl/α,β-unsaturated/α-hetero) is 1. The molecule has 0 radical (unpaired) electrons. The van der Waals surface area contributed by atoms with Gasteiger partial charge in [0.25, 0.3) is 0 Å². The number of amides is 1. The molecule has 0 saturated heterocycles. The number of nitrogens with one attached hydrogen (secondary N) is 1. The van der Waals surface area contributed by atoms with Crippen LogP contribution in [0.15, 0.2) is 24.3 Å². The highest BCUT2D eigenvalue weighted by Crippen LogP contribution is 2.64. The molecule has 1 aromatic rings. The minimum absolute atomic E-state index is 0.0465. The van der Waals surface area contributed by atoms with Crippen LogP contribution in [0.25, 0.3) is 0 Å². The summed E-state index contributed by atoms with van der Waals surface area (Å²) in [6, 6.07) is 7.23. The van der Waals surface area contributed by atoms with Crippen molar-refractivity contribution in [2.75, 3.05) is 5.32 Å². The van der Waals surface area contributed by atoms with Crippen LogP contribution in [0.2, 0.25) is 0 Å². The molecule has 2 atom stereocenters. The molecule has 23 heavy (non-hydrogen) atoms. The Morgan fingerprint density at radius 1 is 1.09 bits per heavy atom. The Balaban J connectivity index is 1.54. The van der Waals surface area contributed by atoms with E-state index in [0.29, 0.717) is 17.4 Å². The van der Waals surface area contributed by atoms with Gasteiger partial charge in [-0.05, 0) is 81.5 Å². The molecular weight excluding hydrogens is 354 g/mol. The Kier molecular flexibility index (Phi) is 3.45. The van der Waals surface area contributed by atoms with Crippen molar-refractivity contribution < 1.29 is 9.59 Å². The molecule has 4 fully saturated rings. The molecule has 0 aromatic heterocycles. The highest BCUT2D eigenvalue weighted by molar-refractivity contribution is 9.10. The van der Waals surface area contributed by atoms with Gasteiger partial charge in [-0.15, -0.1) is 0 Å². The molecular formula is C19H22BrNO2. The van der Waals surface area contributed by atoms with E-state index < -0.39 is 0 Å². The van der Waals surface area contributed by atoms with Gasteiger partial charge in [-0.2, -0.15) is 0 Å². The molecule has 4 bridgehead atoms. The van der Waals surface area contributed by atoms with Crippen LogP contribution < -0.4 is 5.32 Å². The molecule has 122 valence electrons. The van der Waals surface area contributed by atoms with Crippen LogP contribution in [-0.2, 0) is 4.79 Å². The fourth-order valence-corrected chi connectivity index (χ4v) is 6.92. The summed E-state index contributed by atoms with van der Waals surface area (Å²) in [5.74, 6) is 1.61. The smallest absolute Gasteiger partial charge is 0.230 e. The summed E-state index contributed by atoms with van der Waals surface area (Å²) in [4.78, 5) is 24.4. The first-order valence-electron chi connectivity index (χ1n) is 8.49. The molecule has 0 heterocycles. The maximum Gasteiger partial charge on any atom is 0.230 e. The molecule has 4 saturated carbocycles. The fourth-order valence-electron chi connectivity index (χ4n) is 5.47. The SMILES string of the molecule is CC(=O)c1ccc(NC(=O)C23CC4CC(CC(Br)(C4)C2)C3)cc1. The van der Waals surface area contributed by atoms with Crippen molar-refractivity contribution in [3.63, 3.8) is 0 Å². The predicted molar refractivity (Wildman–Crippen MR) is 93.8 cm³/mol. The van der Waals surface area contributed by atoms with Gasteiger partial charge in [0.2, 0.25) is 5.91 Å². The molecule has 0 spiro atoms. The highest BCUT2D eigenvalue weighted by Gasteiger charge is 2.59. The monoisotopic (exact) mass is 375 g/mol. The van der Waals surface area contributed by atoms with Crippen LogP contribution in [0.3, 0.4) is 0 Å². The first kappa shape index (κ1) is 15.4. The topological polar surface area (TPSA) is 46.2 Å². The van der Waals surface area contributed by atoms with Gasteiger partial charge >= 0.3 is 0 Å². The Bertz CT molecular complexity index is 652. The van der Waals surface area contributed by atoms with Crippen molar-refractivity contribution in [2.45, 2.75) is 49.8 Å². The maximum atomic E-state index is 13.0. The summed E-state index contributed by atoms with van der Waals surface area (Å²) < 4.78 is 0.187. The second-order valence-corrected chi connectivity index (χ2v) is 9.66. The van der Waals surface area contributed by atoms with Crippen LogP contribution in [-0.4, -0.2) is 16.0 Å². The quantitative estimate of drug-likeness (QED) is 0.621. The van der Waals surface area contributed by atoms with E-state index in [1.165, 1.54) is 19.3 Å². The molecule has 4 heteroatoms. The third-order valence-electron chi connectivity index (χ3n) is 6.02. The van der Waals surface area contributed by atoms with E-state index in [2.05, 4.69) is 21.2 Å². The van der Waals surface area contributed by atoms with E-state index in [4.69, 9.17) is 0 Å². The largest absolute Gasteiger partial charge is 0.326 e. The van der Waals surface area contributed by atoms with Crippen molar-refractivity contribution >= 4 is 33.3 Å². The first-order chi connectivity index (χ1) is 10.9. The molecule has 1 N–H and O–H groups in total. The third kappa shape index (κ3) is 2.65. The lowest BCUT2D eigenvalue weighted by atomic mass is 9.49. The van der Waals surface area contributed by atoms with Gasteiger partial charge in [0, 0.05) is 15.6 Å². The second kappa shape index (κ2) is 5.17. The molecule has 4 aliphatic carbocycles. The van der Waals surface area contributed by atoms with Gasteiger partial charge < -0.3 is 5.32 Å². The lowest BCUT2D eigenvalue weighted by Crippen LogP contribution is -2.57. The molecule has 1 aromatic carbocycles. The van der Waals surface area contributed by atoms with Gasteiger partial charge in [0.15, 0.2) is 5.78 Å². The van der Waals surface area contributed by atoms with Gasteiger partial charge in [0.1, 0.15) is 0 Å². The fraction of sp³-hybridized carbons (Fsp3) is 0.579. The lowest BCUT2D eigenvalue weighted by Gasteiger charge is -2.59. The molecule has 3 nitrogen and oxygen atoms in total. The first-order valence-corrected chi connectivity index (χ1v) is 9.28. The van der Waals surface area contributed by atoms with Gasteiger partial charge in [-0.1, -0.05) is 15.9 Å². The molecule has 0 aliphatic heterocycles. The van der Waals surface area contributed by atoms with Crippen LogP contribution in [0.5, 0.6) is 0 Å². The van der Waals surface area contributed by atoms with Gasteiger partial charge in [-0.25, -0.2) is 0 Å². The maximum absolute atomic E-state index is 13.0. The highest BCUT2D eigenvalue weighted by atomic mass is 79.9. The average Bonchev–Trinajstić information content (AvgIpc) is 2.45. The molecule has 4 aliphatic rings. The van der Waals surface area contributed by atoms with Crippen molar-refractivity contribution in [3.8, 4) is 0 Å². The number of hydrogen-bond acceptors (Lipinski definition) is 2. The number of ketones is 1. The zero-order valence-corrected chi connectivity index (χ0v) is 15.0. The standard InChI is InChI=1S/C19H22BrNO2/c1-12(22)15-2-4-16(5-3-15)21-17(23)18-7-13-6-14(8-18)10-19(20,9-13)11-18/h2-5,13-14H,6-11H2,1H3,(H,21,23). The third-order valence-corrected chi connectivity index (χ3v) is 6.95. The Morgan fingerprint density at radius 3 is 2.22 bits per heavy atom. The Labute approximate surface area is 145 Å². The van der Waals surface area contributed by atoms with E-state index in [-0.39, 0.29) is 21.4 Å². The number of alkyl halides is 1. The summed E-state index contributed by atoms with van der Waals surface area (Å²) in [6.07, 6.45) is 6.79. The zero-order valence-electron chi connectivity index (χ0n) is 13.4. The number of halogens is 1. The minimum atomic E-state index is -0.202. The van der Waals surface area contributed by atoms with Gasteiger partial charge in [0.05, 0.1) is 5.41 Å². The van der Waals surface area contributed by atoms with E-state index in [1.807, 2.05) is 12.1 Å². The van der Waals surface area contributed by atoms with Crippen molar-refractivity contribution in [3.05, 3.63) is 29.8 Å². The van der Waals surface area contributed by atoms with Crippen LogP contribution in [0, 0.1) is 17.3 Å². The van der Waals surface area contributed by atoms with Crippen LogP contribution >= 0.6 is 15.9 Å². The number of carbonyl (C=O) groups is 2. The summed E-state index contributed by atoms with van der Waals surface area (Å²) in [7, 11) is 0. The number of hydrogen-bond donors (Lipinski definition) is 1. The summed E-state index contributed by atoms with van der Waals surface area (Å²) in [5, 5.41) is 3.11. The zero-order chi connectivity index (χ0) is 16.2. The van der Waals surface area contributed by atoms with Crippen LogP contribution in [0.1, 0.15) is 55.8 Å². The van der Waals surface area contributed by atoms with E-state index >= 15 is 0 Å². The molecule has 2 unspecified atom stereocenters. The van der Waals surface area contributed by atoms with Crippen molar-refractivity contribution in [2.24, 2.45) is 17.3 Å². The summed E-state index contributed by atoms with van der Waals surface area (Å²) >= 11 is 3.95. The molecule has 1 amide bonds. The lowest BCUT2D eigenvalue weighted by molar-refractivity contribution is -0.138. The van der Waals surface area contributed by atoms with Crippen molar-refractivity contribution in [1.82, 2.24) is 0 Å². The summed E-state index contributed by atoms with van der Waals surface area (Å²) in [6.45, 7) is 1.55. The number of anilines is 1. The summed E-state index contributed by atoms with van der Waals surface area (Å²) in [5.41, 5.74) is 1.27. The van der Waals surface area contributed by atoms with E-state index in [0.717, 1.165) is 24.9 Å². The number of carbonyl (C=O) groups excluding carboxylic acids is 2. The number of benzene rings is 1. The Hall–Kier alpha value is -1.16. The van der Waals surface area contributed by atoms with Gasteiger partial charge in [-0.3, -0.25) is 9.59 Å². The second-order valence-electron chi connectivity index (χ2n) is 7.98. The van der Waals surface area contributed by atoms with E-state index in [9.17, 15) is 9.59 Å².